The maximum Gasteiger partial charge on any atom is 0.408 e. The van der Waals surface area contributed by atoms with Crippen molar-refractivity contribution in [2.45, 2.75) is 64.6 Å². The number of alkyl carbamates (subject to hydrolysis) is 1. The van der Waals surface area contributed by atoms with E-state index in [1.54, 1.807) is 6.92 Å². The Morgan fingerprint density at radius 3 is 2.24 bits per heavy atom. The maximum absolute atomic E-state index is 11.5. The minimum atomic E-state index is -0.564. The molecule has 0 saturated heterocycles. The van der Waals surface area contributed by atoms with Crippen LogP contribution < -0.4 is 10.6 Å². The van der Waals surface area contributed by atoms with Crippen molar-refractivity contribution in [3.63, 3.8) is 0 Å². The first-order chi connectivity index (χ1) is 7.99. The van der Waals surface area contributed by atoms with Gasteiger partial charge in [0, 0.05) is 6.04 Å². The molecule has 5 heteroatoms. The van der Waals surface area contributed by atoms with Crippen molar-refractivity contribution in [3.8, 4) is 0 Å². The van der Waals surface area contributed by atoms with Gasteiger partial charge in [-0.15, -0.1) is 0 Å². The van der Waals surface area contributed by atoms with Crippen molar-refractivity contribution in [2.24, 2.45) is 0 Å². The Hall–Kier alpha value is -1.26. The second-order valence-corrected chi connectivity index (χ2v) is 4.84. The van der Waals surface area contributed by atoms with Gasteiger partial charge < -0.3 is 15.4 Å². The summed E-state index contributed by atoms with van der Waals surface area (Å²) in [4.78, 5) is 23.0. The van der Waals surface area contributed by atoms with E-state index in [-0.39, 0.29) is 18.1 Å². The lowest BCUT2D eigenvalue weighted by Crippen LogP contribution is -2.47. The van der Waals surface area contributed by atoms with E-state index in [1.165, 1.54) is 0 Å². The van der Waals surface area contributed by atoms with Gasteiger partial charge in [-0.3, -0.25) is 4.79 Å². The van der Waals surface area contributed by atoms with Crippen LogP contribution in [0.25, 0.3) is 0 Å². The van der Waals surface area contributed by atoms with E-state index in [0.29, 0.717) is 0 Å². The summed E-state index contributed by atoms with van der Waals surface area (Å²) >= 11 is 0. The van der Waals surface area contributed by atoms with Gasteiger partial charge in [-0.2, -0.15) is 0 Å². The van der Waals surface area contributed by atoms with Gasteiger partial charge in [0.2, 0.25) is 5.91 Å². The predicted octanol–water partition coefficient (Wildman–Crippen LogP) is 1.57. The highest BCUT2D eigenvalue weighted by Gasteiger charge is 2.22. The molecule has 98 valence electrons. The molecule has 0 aromatic carbocycles. The number of hydrogen-bond donors (Lipinski definition) is 2. The van der Waals surface area contributed by atoms with E-state index in [4.69, 9.17) is 4.74 Å². The number of rotatable bonds is 4. The number of nitrogens with one attached hydrogen (secondary N) is 2. The van der Waals surface area contributed by atoms with Crippen molar-refractivity contribution < 1.29 is 14.3 Å². The molecular formula is C12H22N2O3. The summed E-state index contributed by atoms with van der Waals surface area (Å²) in [5.41, 5.74) is 0. The molecule has 5 nitrogen and oxygen atoms in total. The summed E-state index contributed by atoms with van der Waals surface area (Å²) in [7, 11) is 0. The molecule has 0 spiro atoms. The number of carbonyl (C=O) groups is 2. The molecule has 1 unspecified atom stereocenters. The van der Waals surface area contributed by atoms with Crippen LogP contribution in [0, 0.1) is 0 Å². The molecule has 0 heterocycles. The first-order valence-corrected chi connectivity index (χ1v) is 6.26. The first kappa shape index (κ1) is 13.8. The maximum atomic E-state index is 11.5. The Morgan fingerprint density at radius 2 is 1.71 bits per heavy atom. The summed E-state index contributed by atoms with van der Waals surface area (Å²) in [5.74, 6) is -0.191. The third-order valence-electron chi connectivity index (χ3n) is 2.73. The lowest BCUT2D eigenvalue weighted by Gasteiger charge is -2.17. The minimum absolute atomic E-state index is 0.0235. The molecule has 1 rings (SSSR count). The molecule has 1 saturated carbocycles. The van der Waals surface area contributed by atoms with Gasteiger partial charge in [0.25, 0.3) is 0 Å². The summed E-state index contributed by atoms with van der Waals surface area (Å²) in [5, 5.41) is 5.27. The van der Waals surface area contributed by atoms with Crippen LogP contribution >= 0.6 is 0 Å². The molecule has 2 N–H and O–H groups in total. The zero-order valence-corrected chi connectivity index (χ0v) is 10.8. The molecule has 1 aliphatic carbocycles. The van der Waals surface area contributed by atoms with Crippen molar-refractivity contribution >= 4 is 12.0 Å². The second-order valence-electron chi connectivity index (χ2n) is 4.84. The van der Waals surface area contributed by atoms with Gasteiger partial charge in [0.05, 0.1) is 0 Å². The van der Waals surface area contributed by atoms with Gasteiger partial charge in [-0.25, -0.2) is 4.79 Å². The summed E-state index contributed by atoms with van der Waals surface area (Å²) < 4.78 is 5.21. The second kappa shape index (κ2) is 6.47. The highest BCUT2D eigenvalue weighted by molar-refractivity contribution is 5.85. The third-order valence-corrected chi connectivity index (χ3v) is 2.73. The summed E-state index contributed by atoms with van der Waals surface area (Å²) in [6.07, 6.45) is 3.61. The summed E-state index contributed by atoms with van der Waals surface area (Å²) in [6, 6.07) is -0.496. The molecule has 1 atom stereocenters. The van der Waals surface area contributed by atoms with Gasteiger partial charge in [-0.05, 0) is 46.5 Å². The van der Waals surface area contributed by atoms with Crippen LogP contribution in [0.15, 0.2) is 0 Å². The van der Waals surface area contributed by atoms with Gasteiger partial charge in [0.15, 0.2) is 0 Å². The van der Waals surface area contributed by atoms with Gasteiger partial charge >= 0.3 is 6.09 Å². The molecule has 17 heavy (non-hydrogen) atoms. The van der Waals surface area contributed by atoms with Crippen LogP contribution in [0.5, 0.6) is 0 Å². The lowest BCUT2D eigenvalue weighted by molar-refractivity contribution is -0.123. The Kier molecular flexibility index (Phi) is 5.25. The molecule has 1 aliphatic rings. The van der Waals surface area contributed by atoms with Gasteiger partial charge in [0.1, 0.15) is 12.1 Å². The topological polar surface area (TPSA) is 67.4 Å². The third kappa shape index (κ3) is 5.06. The number of amides is 2. The monoisotopic (exact) mass is 242 g/mol. The minimum Gasteiger partial charge on any atom is -0.446 e. The smallest absolute Gasteiger partial charge is 0.408 e. The van der Waals surface area contributed by atoms with E-state index in [1.807, 2.05) is 13.8 Å². The fourth-order valence-corrected chi connectivity index (χ4v) is 1.84. The highest BCUT2D eigenvalue weighted by Crippen LogP contribution is 2.20. The van der Waals surface area contributed by atoms with Crippen molar-refractivity contribution in [1.82, 2.24) is 10.6 Å². The van der Waals surface area contributed by atoms with Gasteiger partial charge in [-0.1, -0.05) is 0 Å². The van der Waals surface area contributed by atoms with Crippen LogP contribution in [-0.4, -0.2) is 30.2 Å². The van der Waals surface area contributed by atoms with E-state index < -0.39 is 12.1 Å². The SMILES string of the molecule is CC(C)NC(=O)C(C)NC(=O)OC1CCCC1. The van der Waals surface area contributed by atoms with Crippen LogP contribution in [0.2, 0.25) is 0 Å². The van der Waals surface area contributed by atoms with E-state index in [9.17, 15) is 9.59 Å². The molecule has 0 aromatic heterocycles. The van der Waals surface area contributed by atoms with Crippen molar-refractivity contribution in [2.75, 3.05) is 0 Å². The molecule has 0 radical (unpaired) electrons. The number of hydrogen-bond acceptors (Lipinski definition) is 3. The fraction of sp³-hybridized carbons (Fsp3) is 0.833. The highest BCUT2D eigenvalue weighted by atomic mass is 16.6. The van der Waals surface area contributed by atoms with E-state index >= 15 is 0 Å². The zero-order valence-electron chi connectivity index (χ0n) is 10.8. The fourth-order valence-electron chi connectivity index (χ4n) is 1.84. The van der Waals surface area contributed by atoms with Crippen LogP contribution in [-0.2, 0) is 9.53 Å². The standard InChI is InChI=1S/C12H22N2O3/c1-8(2)13-11(15)9(3)14-12(16)17-10-6-4-5-7-10/h8-10H,4-7H2,1-3H3,(H,13,15)(H,14,16). The zero-order chi connectivity index (χ0) is 12.8. The molecule has 1 fully saturated rings. The molecule has 0 aliphatic heterocycles. The normalized spacial score (nSPS) is 17.9. The predicted molar refractivity (Wildman–Crippen MR) is 64.6 cm³/mol. The lowest BCUT2D eigenvalue weighted by atomic mass is 10.3. The number of carbonyl (C=O) groups excluding carboxylic acids is 2. The Morgan fingerprint density at radius 1 is 1.12 bits per heavy atom. The molecule has 0 bridgehead atoms. The van der Waals surface area contributed by atoms with Crippen molar-refractivity contribution in [3.05, 3.63) is 0 Å². The largest absolute Gasteiger partial charge is 0.446 e. The Balaban J connectivity index is 2.26. The molecular weight excluding hydrogens is 220 g/mol. The number of ether oxygens (including phenoxy) is 1. The Labute approximate surface area is 102 Å². The van der Waals surface area contributed by atoms with E-state index in [2.05, 4.69) is 10.6 Å². The van der Waals surface area contributed by atoms with Crippen LogP contribution in [0.1, 0.15) is 46.5 Å². The average Bonchev–Trinajstić information content (AvgIpc) is 2.68. The molecule has 2 amide bonds. The first-order valence-electron chi connectivity index (χ1n) is 6.26. The quantitative estimate of drug-likeness (QED) is 0.786. The molecule has 0 aromatic rings. The van der Waals surface area contributed by atoms with Crippen molar-refractivity contribution in [1.29, 1.82) is 0 Å². The summed E-state index contributed by atoms with van der Waals surface area (Å²) in [6.45, 7) is 5.40. The van der Waals surface area contributed by atoms with E-state index in [0.717, 1.165) is 25.7 Å². The van der Waals surface area contributed by atoms with Crippen LogP contribution in [0.3, 0.4) is 0 Å². The average molecular weight is 242 g/mol. The Bertz CT molecular complexity index is 273. The van der Waals surface area contributed by atoms with Crippen LogP contribution in [0.4, 0.5) is 4.79 Å².